The third-order valence-electron chi connectivity index (χ3n) is 3.49. The van der Waals surface area contributed by atoms with Gasteiger partial charge in [-0.2, -0.15) is 0 Å². The monoisotopic (exact) mass is 365 g/mol. The van der Waals surface area contributed by atoms with E-state index >= 15 is 0 Å². The van der Waals surface area contributed by atoms with Gasteiger partial charge in [-0.05, 0) is 25.5 Å². The van der Waals surface area contributed by atoms with Crippen molar-refractivity contribution in [3.8, 4) is 17.1 Å². The van der Waals surface area contributed by atoms with Gasteiger partial charge in [0.05, 0.1) is 17.9 Å². The molecule has 0 saturated carbocycles. The smallest absolute Gasteiger partial charge is 0.233 e. The molecule has 0 fully saturated rings. The van der Waals surface area contributed by atoms with Gasteiger partial charge in [-0.15, -0.1) is 10.2 Å². The topological polar surface area (TPSA) is 104 Å². The number of benzene rings is 1. The molecule has 0 aliphatic heterocycles. The predicted molar refractivity (Wildman–Crippen MR) is 97.0 cm³/mol. The molecule has 8 nitrogen and oxygen atoms in total. The maximum atomic E-state index is 12.1. The van der Waals surface area contributed by atoms with Gasteiger partial charge >= 0.3 is 0 Å². The zero-order valence-corrected chi connectivity index (χ0v) is 15.4. The van der Waals surface area contributed by atoms with Crippen molar-refractivity contribution >= 4 is 17.7 Å². The molecule has 0 aliphatic carbocycles. The van der Waals surface area contributed by atoms with Gasteiger partial charge in [0.1, 0.15) is 5.75 Å². The average Bonchev–Trinajstić information content (AvgIpc) is 2.98. The van der Waals surface area contributed by atoms with Crippen LogP contribution in [0.5, 0.6) is 5.75 Å². The lowest BCUT2D eigenvalue weighted by atomic mass is 10.2. The summed E-state index contributed by atoms with van der Waals surface area (Å²) < 4.78 is 11.7. The van der Waals surface area contributed by atoms with Crippen molar-refractivity contribution in [2.45, 2.75) is 23.8 Å². The maximum absolute atomic E-state index is 12.1. The minimum absolute atomic E-state index is 0.0806. The van der Waals surface area contributed by atoms with Crippen molar-refractivity contribution in [2.75, 3.05) is 33.2 Å². The first-order chi connectivity index (χ1) is 12.1. The van der Waals surface area contributed by atoms with Crippen LogP contribution in [0.3, 0.4) is 0 Å². The number of methoxy groups -OCH3 is 2. The fourth-order valence-electron chi connectivity index (χ4n) is 2.15. The Bertz CT molecular complexity index is 707. The quantitative estimate of drug-likeness (QED) is 0.392. The highest BCUT2D eigenvalue weighted by molar-refractivity contribution is 8.00. The van der Waals surface area contributed by atoms with Crippen LogP contribution < -0.4 is 15.9 Å². The van der Waals surface area contributed by atoms with Gasteiger partial charge in [0.15, 0.2) is 5.82 Å². The second-order valence-electron chi connectivity index (χ2n) is 5.27. The van der Waals surface area contributed by atoms with E-state index in [1.165, 1.54) is 16.4 Å². The van der Waals surface area contributed by atoms with Crippen LogP contribution in [0, 0.1) is 0 Å². The number of ether oxygens (including phenoxy) is 2. The van der Waals surface area contributed by atoms with E-state index in [2.05, 4.69) is 15.5 Å². The normalized spacial score (nSPS) is 12.0. The predicted octanol–water partition coefficient (Wildman–Crippen LogP) is 1.30. The van der Waals surface area contributed by atoms with Crippen molar-refractivity contribution in [1.82, 2.24) is 20.2 Å². The lowest BCUT2D eigenvalue weighted by molar-refractivity contribution is -0.120. The summed E-state index contributed by atoms with van der Waals surface area (Å²) in [6, 6.07) is 7.42. The molecular formula is C16H23N5O3S. The fraction of sp³-hybridized carbons (Fsp3) is 0.438. The first kappa shape index (κ1) is 19.1. The Labute approximate surface area is 151 Å². The lowest BCUT2D eigenvalue weighted by Gasteiger charge is -2.12. The largest absolute Gasteiger partial charge is 0.496 e. The Kier molecular flexibility index (Phi) is 7.08. The molecule has 1 amide bonds. The van der Waals surface area contributed by atoms with Crippen molar-refractivity contribution in [2.24, 2.45) is 0 Å². The van der Waals surface area contributed by atoms with Crippen LogP contribution in [0.25, 0.3) is 11.4 Å². The molecule has 1 unspecified atom stereocenters. The molecular weight excluding hydrogens is 342 g/mol. The number of carbonyl (C=O) groups is 1. The lowest BCUT2D eigenvalue weighted by Crippen LogP contribution is -2.32. The highest BCUT2D eigenvalue weighted by atomic mass is 32.2. The number of rotatable bonds is 9. The minimum atomic E-state index is -0.348. The van der Waals surface area contributed by atoms with E-state index in [9.17, 15) is 4.79 Å². The Balaban J connectivity index is 2.04. The first-order valence-corrected chi connectivity index (χ1v) is 8.73. The molecule has 1 aromatic carbocycles. The second-order valence-corrected chi connectivity index (χ2v) is 6.58. The molecule has 3 N–H and O–H groups in total. The zero-order chi connectivity index (χ0) is 18.2. The van der Waals surface area contributed by atoms with Gasteiger partial charge in [-0.1, -0.05) is 23.9 Å². The number of para-hydroxylation sites is 1. The van der Waals surface area contributed by atoms with E-state index in [-0.39, 0.29) is 11.2 Å². The summed E-state index contributed by atoms with van der Waals surface area (Å²) in [6.07, 6.45) is 0.769. The van der Waals surface area contributed by atoms with Gasteiger partial charge in [0.2, 0.25) is 11.1 Å². The Hall–Kier alpha value is -2.26. The molecule has 2 rings (SSSR count). The summed E-state index contributed by atoms with van der Waals surface area (Å²) in [6.45, 7) is 2.98. The van der Waals surface area contributed by atoms with Crippen molar-refractivity contribution in [3.63, 3.8) is 0 Å². The number of amides is 1. The number of nitrogen functional groups attached to an aromatic ring is 1. The summed E-state index contributed by atoms with van der Waals surface area (Å²) in [5, 5.41) is 11.2. The minimum Gasteiger partial charge on any atom is -0.496 e. The van der Waals surface area contributed by atoms with Crippen LogP contribution in [-0.2, 0) is 9.53 Å². The molecule has 136 valence electrons. The number of nitrogens with two attached hydrogens (primary N) is 1. The van der Waals surface area contributed by atoms with Crippen molar-refractivity contribution < 1.29 is 14.3 Å². The van der Waals surface area contributed by atoms with Crippen molar-refractivity contribution in [1.29, 1.82) is 0 Å². The standard InChI is InChI=1S/C16H23N5O3S/c1-11(15(22)18-9-6-10-23-2)25-16-20-19-14(21(16)17)12-7-4-5-8-13(12)24-3/h4-5,7-8,11H,6,9-10,17H2,1-3H3,(H,18,22). The van der Waals surface area contributed by atoms with Gasteiger partial charge in [0.25, 0.3) is 0 Å². The third-order valence-corrected chi connectivity index (χ3v) is 4.55. The van der Waals surface area contributed by atoms with E-state index in [4.69, 9.17) is 15.3 Å². The van der Waals surface area contributed by atoms with Crippen LogP contribution >= 0.6 is 11.8 Å². The zero-order valence-electron chi connectivity index (χ0n) is 14.6. The molecule has 0 aliphatic rings. The van der Waals surface area contributed by atoms with Crippen LogP contribution in [0.15, 0.2) is 29.4 Å². The van der Waals surface area contributed by atoms with E-state index in [1.807, 2.05) is 24.3 Å². The number of aromatic nitrogens is 3. The molecule has 1 heterocycles. The molecule has 2 aromatic rings. The number of nitrogens with one attached hydrogen (secondary N) is 1. The Morgan fingerprint density at radius 3 is 2.84 bits per heavy atom. The average molecular weight is 365 g/mol. The number of hydrogen-bond acceptors (Lipinski definition) is 7. The fourth-order valence-corrected chi connectivity index (χ4v) is 2.95. The van der Waals surface area contributed by atoms with E-state index in [1.54, 1.807) is 21.1 Å². The number of carbonyl (C=O) groups excluding carboxylic acids is 1. The van der Waals surface area contributed by atoms with E-state index in [0.29, 0.717) is 29.9 Å². The highest BCUT2D eigenvalue weighted by Crippen LogP contribution is 2.30. The number of thioether (sulfide) groups is 1. The first-order valence-electron chi connectivity index (χ1n) is 7.85. The Morgan fingerprint density at radius 2 is 2.12 bits per heavy atom. The van der Waals surface area contributed by atoms with Crippen molar-refractivity contribution in [3.05, 3.63) is 24.3 Å². The van der Waals surface area contributed by atoms with Crippen LogP contribution in [0.2, 0.25) is 0 Å². The molecule has 25 heavy (non-hydrogen) atoms. The van der Waals surface area contributed by atoms with Gasteiger partial charge in [-0.25, -0.2) is 4.68 Å². The summed E-state index contributed by atoms with van der Waals surface area (Å²) >= 11 is 1.25. The molecule has 1 aromatic heterocycles. The van der Waals surface area contributed by atoms with Crippen LogP contribution in [0.4, 0.5) is 0 Å². The molecule has 0 saturated heterocycles. The van der Waals surface area contributed by atoms with E-state index in [0.717, 1.165) is 12.0 Å². The maximum Gasteiger partial charge on any atom is 0.233 e. The molecule has 9 heteroatoms. The van der Waals surface area contributed by atoms with Gasteiger partial charge in [-0.3, -0.25) is 4.79 Å². The number of hydrogen-bond donors (Lipinski definition) is 2. The van der Waals surface area contributed by atoms with Crippen LogP contribution in [-0.4, -0.2) is 53.4 Å². The molecule has 1 atom stereocenters. The third kappa shape index (κ3) is 4.86. The summed E-state index contributed by atoms with van der Waals surface area (Å²) in [4.78, 5) is 12.1. The van der Waals surface area contributed by atoms with Crippen LogP contribution in [0.1, 0.15) is 13.3 Å². The van der Waals surface area contributed by atoms with E-state index < -0.39 is 0 Å². The van der Waals surface area contributed by atoms with Gasteiger partial charge in [0, 0.05) is 20.3 Å². The highest BCUT2D eigenvalue weighted by Gasteiger charge is 2.20. The number of nitrogens with zero attached hydrogens (tertiary/aromatic N) is 3. The SMILES string of the molecule is COCCCNC(=O)C(C)Sc1nnc(-c2ccccc2OC)n1N. The van der Waals surface area contributed by atoms with Gasteiger partial charge < -0.3 is 20.6 Å². The molecule has 0 spiro atoms. The Morgan fingerprint density at radius 1 is 1.36 bits per heavy atom. The summed E-state index contributed by atoms with van der Waals surface area (Å²) in [5.74, 6) is 7.17. The summed E-state index contributed by atoms with van der Waals surface area (Å²) in [5.41, 5.74) is 0.739. The molecule has 0 bridgehead atoms. The second kappa shape index (κ2) is 9.28. The molecule has 0 radical (unpaired) electrons. The summed E-state index contributed by atoms with van der Waals surface area (Å²) in [7, 11) is 3.22.